The number of hydrogen-bond donors (Lipinski definition) is 1. The van der Waals surface area contributed by atoms with Gasteiger partial charge in [0.05, 0.1) is 5.70 Å². The molecule has 3 heteroatoms. The summed E-state index contributed by atoms with van der Waals surface area (Å²) in [7, 11) is 0. The molecule has 0 radical (unpaired) electrons. The normalized spacial score (nSPS) is 14.4. The molecule has 0 bridgehead atoms. The van der Waals surface area contributed by atoms with E-state index in [1.54, 1.807) is 13.0 Å². The summed E-state index contributed by atoms with van der Waals surface area (Å²) in [6, 6.07) is 22.2. The minimum Gasteiger partial charge on any atom is -0.508 e. The van der Waals surface area contributed by atoms with Gasteiger partial charge in [0.15, 0.2) is 5.78 Å². The van der Waals surface area contributed by atoms with E-state index in [1.165, 1.54) is 0 Å². The number of rotatable bonds is 2. The zero-order valence-corrected chi connectivity index (χ0v) is 15.5. The lowest BCUT2D eigenvalue weighted by Gasteiger charge is -2.37. The van der Waals surface area contributed by atoms with Crippen LogP contribution in [0.1, 0.15) is 12.5 Å². The Labute approximate surface area is 163 Å². The second-order valence-electron chi connectivity index (χ2n) is 7.18. The topological polar surface area (TPSA) is 40.5 Å². The van der Waals surface area contributed by atoms with Crippen molar-refractivity contribution in [2.75, 3.05) is 11.4 Å². The highest BCUT2D eigenvalue weighted by molar-refractivity contribution is 6.06. The molecule has 0 aliphatic carbocycles. The van der Waals surface area contributed by atoms with Crippen LogP contribution in [0.25, 0.3) is 28.0 Å². The number of phenolic OH excluding ortho intramolecular Hbond substituents is 1. The summed E-state index contributed by atoms with van der Waals surface area (Å²) >= 11 is 0. The van der Waals surface area contributed by atoms with Gasteiger partial charge in [-0.1, -0.05) is 48.5 Å². The molecule has 0 atom stereocenters. The van der Waals surface area contributed by atoms with Gasteiger partial charge in [-0.15, -0.1) is 0 Å². The average Bonchev–Trinajstić information content (AvgIpc) is 2.73. The molecular weight excluding hydrogens is 346 g/mol. The molecule has 0 spiro atoms. The highest BCUT2D eigenvalue weighted by Gasteiger charge is 2.29. The van der Waals surface area contributed by atoms with Gasteiger partial charge < -0.3 is 10.0 Å². The number of hydrogen-bond acceptors (Lipinski definition) is 3. The van der Waals surface area contributed by atoms with Crippen LogP contribution in [0.3, 0.4) is 0 Å². The third-order valence-electron chi connectivity index (χ3n) is 5.45. The first kappa shape index (κ1) is 16.6. The Bertz CT molecular complexity index is 1170. The van der Waals surface area contributed by atoms with Gasteiger partial charge in [-0.05, 0) is 54.0 Å². The Balaban J connectivity index is 1.76. The maximum absolute atomic E-state index is 12.0. The Morgan fingerprint density at radius 2 is 1.71 bits per heavy atom. The minimum atomic E-state index is 0.0751. The summed E-state index contributed by atoms with van der Waals surface area (Å²) in [6.07, 6.45) is 3.94. The third-order valence-corrected chi connectivity index (χ3v) is 5.45. The first-order chi connectivity index (χ1) is 13.6. The largest absolute Gasteiger partial charge is 0.508 e. The highest BCUT2D eigenvalue weighted by atomic mass is 16.3. The number of ketones is 1. The maximum Gasteiger partial charge on any atom is 0.159 e. The monoisotopic (exact) mass is 365 g/mol. The van der Waals surface area contributed by atoms with Gasteiger partial charge in [0.25, 0.3) is 0 Å². The molecule has 0 aromatic heterocycles. The van der Waals surface area contributed by atoms with Crippen LogP contribution in [0, 0.1) is 0 Å². The van der Waals surface area contributed by atoms with E-state index in [2.05, 4.69) is 35.2 Å². The fourth-order valence-electron chi connectivity index (χ4n) is 4.04. The number of anilines is 1. The lowest BCUT2D eigenvalue weighted by Crippen LogP contribution is -2.28. The van der Waals surface area contributed by atoms with E-state index >= 15 is 0 Å². The zero-order chi connectivity index (χ0) is 19.3. The van der Waals surface area contributed by atoms with Crippen LogP contribution in [0.5, 0.6) is 5.75 Å². The Morgan fingerprint density at radius 1 is 0.893 bits per heavy atom. The number of Topliss-reactive ketones (excluding diaryl/α,β-unsaturated/α-hetero) is 1. The molecule has 5 rings (SSSR count). The Morgan fingerprint density at radius 3 is 2.50 bits per heavy atom. The quantitative estimate of drug-likeness (QED) is 0.659. The van der Waals surface area contributed by atoms with E-state index in [1.807, 2.05) is 42.5 Å². The Hall–Kier alpha value is -3.59. The van der Waals surface area contributed by atoms with Gasteiger partial charge in [-0.25, -0.2) is 0 Å². The lowest BCUT2D eigenvalue weighted by molar-refractivity contribution is -0.113. The van der Waals surface area contributed by atoms with Crippen LogP contribution in [0.15, 0.2) is 84.5 Å². The molecule has 2 aliphatic heterocycles. The van der Waals surface area contributed by atoms with Crippen LogP contribution in [-0.2, 0) is 4.79 Å². The van der Waals surface area contributed by atoms with E-state index in [0.717, 1.165) is 44.8 Å². The molecule has 0 amide bonds. The Kier molecular flexibility index (Phi) is 3.69. The number of nitrogens with zero attached hydrogens (tertiary/aromatic N) is 1. The predicted octanol–water partition coefficient (Wildman–Crippen LogP) is 5.42. The molecule has 3 nitrogen and oxygen atoms in total. The minimum absolute atomic E-state index is 0.0751. The summed E-state index contributed by atoms with van der Waals surface area (Å²) in [5, 5.41) is 10.1. The molecule has 3 aromatic rings. The highest BCUT2D eigenvalue weighted by Crippen LogP contribution is 2.47. The summed E-state index contributed by atoms with van der Waals surface area (Å²) in [5.74, 6) is 0.324. The number of benzene rings is 3. The van der Waals surface area contributed by atoms with Crippen molar-refractivity contribution in [1.29, 1.82) is 0 Å². The van der Waals surface area contributed by atoms with Crippen molar-refractivity contribution in [3.8, 4) is 28.0 Å². The van der Waals surface area contributed by atoms with Gasteiger partial charge in [0.2, 0.25) is 0 Å². The maximum atomic E-state index is 12.0. The summed E-state index contributed by atoms with van der Waals surface area (Å²) in [6.45, 7) is 2.24. The van der Waals surface area contributed by atoms with Crippen molar-refractivity contribution in [3.63, 3.8) is 0 Å². The second kappa shape index (κ2) is 6.24. The van der Waals surface area contributed by atoms with Gasteiger partial charge in [-0.3, -0.25) is 4.79 Å². The van der Waals surface area contributed by atoms with E-state index < -0.39 is 0 Å². The molecule has 28 heavy (non-hydrogen) atoms. The second-order valence-corrected chi connectivity index (χ2v) is 7.18. The molecule has 0 unspecified atom stereocenters. The summed E-state index contributed by atoms with van der Waals surface area (Å²) < 4.78 is 0. The lowest BCUT2D eigenvalue weighted by atomic mass is 9.86. The average molecular weight is 365 g/mol. The van der Waals surface area contributed by atoms with Crippen molar-refractivity contribution < 1.29 is 9.90 Å². The molecule has 2 aliphatic rings. The van der Waals surface area contributed by atoms with Crippen LogP contribution < -0.4 is 4.90 Å². The standard InChI is InChI=1S/C25H19NO2/c1-16(27)18-11-12-26-24-10-8-20(28)15-23(24)22-13-19(17-5-3-2-4-6-17)7-9-21(22)25(26)14-18/h2-11,13-15,28H,12H2,1H3. The van der Waals surface area contributed by atoms with E-state index in [9.17, 15) is 9.90 Å². The summed E-state index contributed by atoms with van der Waals surface area (Å²) in [4.78, 5) is 14.2. The number of aromatic hydroxyl groups is 1. The van der Waals surface area contributed by atoms with E-state index in [-0.39, 0.29) is 11.5 Å². The van der Waals surface area contributed by atoms with Crippen molar-refractivity contribution >= 4 is 17.2 Å². The van der Waals surface area contributed by atoms with Crippen LogP contribution in [0.4, 0.5) is 5.69 Å². The molecule has 2 heterocycles. The van der Waals surface area contributed by atoms with Crippen molar-refractivity contribution in [3.05, 3.63) is 90.0 Å². The number of fused-ring (bicyclic) bond motifs is 6. The predicted molar refractivity (Wildman–Crippen MR) is 113 cm³/mol. The smallest absolute Gasteiger partial charge is 0.159 e. The third kappa shape index (κ3) is 2.55. The molecule has 3 aromatic carbocycles. The molecular formula is C25H19NO2. The fraction of sp³-hybridized carbons (Fsp3) is 0.0800. The number of phenols is 1. The fourth-order valence-corrected chi connectivity index (χ4v) is 4.04. The van der Waals surface area contributed by atoms with E-state index in [4.69, 9.17) is 0 Å². The first-order valence-corrected chi connectivity index (χ1v) is 9.35. The first-order valence-electron chi connectivity index (χ1n) is 9.35. The van der Waals surface area contributed by atoms with Crippen molar-refractivity contribution in [1.82, 2.24) is 0 Å². The van der Waals surface area contributed by atoms with E-state index in [0.29, 0.717) is 6.54 Å². The zero-order valence-electron chi connectivity index (χ0n) is 15.5. The number of allylic oxidation sites excluding steroid dienone is 2. The van der Waals surface area contributed by atoms with Crippen LogP contribution in [-0.4, -0.2) is 17.4 Å². The van der Waals surface area contributed by atoms with Crippen molar-refractivity contribution in [2.24, 2.45) is 0 Å². The van der Waals surface area contributed by atoms with Crippen LogP contribution >= 0.6 is 0 Å². The molecule has 1 N–H and O–H groups in total. The van der Waals surface area contributed by atoms with Gasteiger partial charge >= 0.3 is 0 Å². The molecule has 0 saturated heterocycles. The van der Waals surface area contributed by atoms with Crippen molar-refractivity contribution in [2.45, 2.75) is 6.92 Å². The SMILES string of the molecule is CC(=O)C1=CCN2C(=C1)c1ccc(-c3ccccc3)cc1-c1cc(O)ccc12. The van der Waals surface area contributed by atoms with Crippen LogP contribution in [0.2, 0.25) is 0 Å². The molecule has 0 saturated carbocycles. The molecule has 136 valence electrons. The van der Waals surface area contributed by atoms with Gasteiger partial charge in [0, 0.05) is 28.9 Å². The summed E-state index contributed by atoms with van der Waals surface area (Å²) in [5.41, 5.74) is 8.23. The van der Waals surface area contributed by atoms with Gasteiger partial charge in [-0.2, -0.15) is 0 Å². The molecule has 0 fully saturated rings. The number of carbonyl (C=O) groups excluding carboxylic acids is 1. The number of carbonyl (C=O) groups is 1. The van der Waals surface area contributed by atoms with Gasteiger partial charge in [0.1, 0.15) is 5.75 Å².